The fraction of sp³-hybridized carbons (Fsp3) is 0.800. The zero-order valence-electron chi connectivity index (χ0n) is 7.79. The second-order valence-corrected chi connectivity index (χ2v) is 4.61. The summed E-state index contributed by atoms with van der Waals surface area (Å²) in [5, 5.41) is 0. The maximum Gasteiger partial charge on any atom is 0.0871 e. The molecule has 12 heavy (non-hydrogen) atoms. The Balaban J connectivity index is 2.12. The van der Waals surface area contributed by atoms with Crippen molar-refractivity contribution in [2.24, 2.45) is 23.7 Å². The predicted octanol–water partition coefficient (Wildman–Crippen LogP) is 1.87. The third-order valence-corrected chi connectivity index (χ3v) is 3.48. The van der Waals surface area contributed by atoms with Gasteiger partial charge in [-0.2, -0.15) is 0 Å². The van der Waals surface area contributed by atoms with E-state index in [0.29, 0.717) is 11.8 Å². The Labute approximate surface area is 73.7 Å². The average molecular weight is 167 g/mol. The Hall–Kier alpha value is -0.340. The van der Waals surface area contributed by atoms with Gasteiger partial charge in [-0.3, -0.25) is 4.84 Å². The Morgan fingerprint density at radius 1 is 1.33 bits per heavy atom. The van der Waals surface area contributed by atoms with Gasteiger partial charge in [-0.25, -0.2) is 5.90 Å². The third-order valence-electron chi connectivity index (χ3n) is 3.48. The zero-order chi connectivity index (χ0) is 8.77. The lowest BCUT2D eigenvalue weighted by Crippen LogP contribution is -2.39. The van der Waals surface area contributed by atoms with Crippen molar-refractivity contribution in [2.45, 2.75) is 32.3 Å². The summed E-state index contributed by atoms with van der Waals surface area (Å²) in [4.78, 5) is 5.04. The molecule has 0 amide bonds. The Morgan fingerprint density at radius 3 is 2.50 bits per heavy atom. The lowest BCUT2D eigenvalue weighted by atomic mass is 9.81. The second kappa shape index (κ2) is 2.57. The van der Waals surface area contributed by atoms with E-state index in [1.165, 1.54) is 12.8 Å². The summed E-state index contributed by atoms with van der Waals surface area (Å²) in [5.41, 5.74) is -0.149. The summed E-state index contributed by atoms with van der Waals surface area (Å²) in [6.07, 6.45) is 7.25. The molecule has 1 saturated carbocycles. The van der Waals surface area contributed by atoms with Crippen molar-refractivity contribution in [1.29, 1.82) is 0 Å². The maximum atomic E-state index is 5.29. The SMILES string of the molecule is CC(C)(ON)C1CC2C=CC1C2. The number of nitrogens with two attached hydrogens (primary N) is 1. The molecule has 3 atom stereocenters. The summed E-state index contributed by atoms with van der Waals surface area (Å²) < 4.78 is 0. The van der Waals surface area contributed by atoms with Gasteiger partial charge in [0.1, 0.15) is 0 Å². The van der Waals surface area contributed by atoms with Crippen LogP contribution in [0.2, 0.25) is 0 Å². The van der Waals surface area contributed by atoms with Crippen molar-refractivity contribution < 1.29 is 4.84 Å². The number of fused-ring (bicyclic) bond motifs is 2. The lowest BCUT2D eigenvalue weighted by molar-refractivity contribution is -0.0700. The highest BCUT2D eigenvalue weighted by molar-refractivity contribution is 5.12. The van der Waals surface area contributed by atoms with Crippen LogP contribution < -0.4 is 5.90 Å². The number of hydrogen-bond acceptors (Lipinski definition) is 2. The minimum absolute atomic E-state index is 0.149. The molecule has 2 nitrogen and oxygen atoms in total. The van der Waals surface area contributed by atoms with E-state index in [9.17, 15) is 0 Å². The first-order valence-corrected chi connectivity index (χ1v) is 4.69. The quantitative estimate of drug-likeness (QED) is 0.503. The lowest BCUT2D eigenvalue weighted by Gasteiger charge is -2.33. The van der Waals surface area contributed by atoms with E-state index >= 15 is 0 Å². The second-order valence-electron chi connectivity index (χ2n) is 4.61. The molecule has 0 aliphatic heterocycles. The topological polar surface area (TPSA) is 35.2 Å². The largest absolute Gasteiger partial charge is 0.298 e. The molecule has 2 N–H and O–H groups in total. The van der Waals surface area contributed by atoms with Gasteiger partial charge in [-0.15, -0.1) is 0 Å². The van der Waals surface area contributed by atoms with E-state index in [0.717, 1.165) is 5.92 Å². The zero-order valence-corrected chi connectivity index (χ0v) is 7.79. The highest BCUT2D eigenvalue weighted by atomic mass is 16.6. The summed E-state index contributed by atoms with van der Waals surface area (Å²) in [6, 6.07) is 0. The predicted molar refractivity (Wildman–Crippen MR) is 48.2 cm³/mol. The van der Waals surface area contributed by atoms with Gasteiger partial charge in [0.2, 0.25) is 0 Å². The van der Waals surface area contributed by atoms with Gasteiger partial charge >= 0.3 is 0 Å². The molecule has 0 spiro atoms. The number of allylic oxidation sites excluding steroid dienone is 2. The molecule has 0 saturated heterocycles. The molecular formula is C10H17NO. The Kier molecular flexibility index (Phi) is 1.77. The molecule has 0 radical (unpaired) electrons. The van der Waals surface area contributed by atoms with Crippen LogP contribution in [-0.4, -0.2) is 5.60 Å². The molecule has 0 heterocycles. The fourth-order valence-corrected chi connectivity index (χ4v) is 2.67. The third kappa shape index (κ3) is 1.10. The van der Waals surface area contributed by atoms with E-state index in [1.807, 2.05) is 0 Å². The van der Waals surface area contributed by atoms with Crippen molar-refractivity contribution in [2.75, 3.05) is 0 Å². The highest BCUT2D eigenvalue weighted by Crippen LogP contribution is 2.48. The maximum absolute atomic E-state index is 5.29. The number of rotatable bonds is 2. The first-order valence-electron chi connectivity index (χ1n) is 4.69. The minimum Gasteiger partial charge on any atom is -0.298 e. The van der Waals surface area contributed by atoms with E-state index in [4.69, 9.17) is 10.7 Å². The van der Waals surface area contributed by atoms with E-state index < -0.39 is 0 Å². The molecule has 0 aromatic rings. The summed E-state index contributed by atoms with van der Waals surface area (Å²) in [6.45, 7) is 4.18. The molecule has 2 bridgehead atoms. The first-order chi connectivity index (χ1) is 5.63. The summed E-state index contributed by atoms with van der Waals surface area (Å²) in [5.74, 6) is 7.43. The van der Waals surface area contributed by atoms with Gasteiger partial charge < -0.3 is 0 Å². The van der Waals surface area contributed by atoms with Crippen molar-refractivity contribution in [1.82, 2.24) is 0 Å². The van der Waals surface area contributed by atoms with Crippen LogP contribution >= 0.6 is 0 Å². The van der Waals surface area contributed by atoms with Gasteiger partial charge in [-0.05, 0) is 44.4 Å². The summed E-state index contributed by atoms with van der Waals surface area (Å²) in [7, 11) is 0. The van der Waals surface area contributed by atoms with Gasteiger partial charge in [0.05, 0.1) is 5.60 Å². The molecule has 0 aromatic heterocycles. The van der Waals surface area contributed by atoms with Crippen molar-refractivity contribution in [3.05, 3.63) is 12.2 Å². The smallest absolute Gasteiger partial charge is 0.0871 e. The fourth-order valence-electron chi connectivity index (χ4n) is 2.67. The number of hydrogen-bond donors (Lipinski definition) is 1. The summed E-state index contributed by atoms with van der Waals surface area (Å²) >= 11 is 0. The molecule has 0 aromatic carbocycles. The van der Waals surface area contributed by atoms with Crippen LogP contribution in [0.15, 0.2) is 12.2 Å². The highest BCUT2D eigenvalue weighted by Gasteiger charge is 2.44. The van der Waals surface area contributed by atoms with Crippen LogP contribution in [0.4, 0.5) is 0 Å². The molecule has 3 unspecified atom stereocenters. The molecule has 68 valence electrons. The van der Waals surface area contributed by atoms with Crippen molar-refractivity contribution in [3.8, 4) is 0 Å². The molecule has 2 aliphatic rings. The van der Waals surface area contributed by atoms with Crippen LogP contribution in [0.3, 0.4) is 0 Å². The molecular weight excluding hydrogens is 150 g/mol. The van der Waals surface area contributed by atoms with Crippen LogP contribution in [0.1, 0.15) is 26.7 Å². The van der Waals surface area contributed by atoms with Crippen LogP contribution in [0.25, 0.3) is 0 Å². The van der Waals surface area contributed by atoms with Gasteiger partial charge in [0.25, 0.3) is 0 Å². The van der Waals surface area contributed by atoms with Crippen molar-refractivity contribution >= 4 is 0 Å². The van der Waals surface area contributed by atoms with E-state index in [1.54, 1.807) is 0 Å². The molecule has 2 rings (SSSR count). The van der Waals surface area contributed by atoms with Gasteiger partial charge in [0, 0.05) is 0 Å². The standard InChI is InChI=1S/C10H17NO/c1-10(2,12-11)9-6-7-3-4-8(9)5-7/h3-4,7-9H,5-6,11H2,1-2H3. The normalized spacial score (nSPS) is 39.4. The van der Waals surface area contributed by atoms with Gasteiger partial charge in [-0.1, -0.05) is 12.2 Å². The average Bonchev–Trinajstić information content (AvgIpc) is 2.64. The van der Waals surface area contributed by atoms with Gasteiger partial charge in [0.15, 0.2) is 0 Å². The van der Waals surface area contributed by atoms with Crippen LogP contribution in [0.5, 0.6) is 0 Å². The van der Waals surface area contributed by atoms with Crippen LogP contribution in [0, 0.1) is 17.8 Å². The van der Waals surface area contributed by atoms with E-state index in [2.05, 4.69) is 26.0 Å². The Morgan fingerprint density at radius 2 is 2.08 bits per heavy atom. The van der Waals surface area contributed by atoms with Crippen LogP contribution in [-0.2, 0) is 4.84 Å². The Bertz CT molecular complexity index is 210. The molecule has 2 heteroatoms. The molecule has 1 fully saturated rings. The molecule has 2 aliphatic carbocycles. The van der Waals surface area contributed by atoms with Crippen molar-refractivity contribution in [3.63, 3.8) is 0 Å². The monoisotopic (exact) mass is 167 g/mol. The van der Waals surface area contributed by atoms with E-state index in [-0.39, 0.29) is 5.60 Å². The minimum atomic E-state index is -0.149. The first kappa shape index (κ1) is 8.27.